The number of fused-ring (bicyclic) bond motifs is 1. The number of aromatic nitrogens is 1. The molecule has 0 aliphatic carbocycles. The minimum absolute atomic E-state index is 0.0805. The molecule has 0 fully saturated rings. The topological polar surface area (TPSA) is 137 Å². The number of pyridine rings is 1. The van der Waals surface area contributed by atoms with E-state index in [2.05, 4.69) is 17.3 Å². The molecule has 0 radical (unpaired) electrons. The molecule has 234 valence electrons. The standard InChI is InChI=1S/C31H41F3N6O2S/c1-30(43,23-9-11-24(12-10-23)31(32,33)34)28(27(41)19-21-18-22-6-3-4-8-26(22)38-20-21)39-29(42)25(37)7-5-15-40(2,16-13-35)17-14-36/h3-4,6,8-12,18,20,25,28H,5,7,13-17,19,35-37H2,1-2H3,(H-,39,42,43)/p+1/t25-,28+,30+/m0/s1. The van der Waals surface area contributed by atoms with Crippen LogP contribution < -0.4 is 22.5 Å². The molecule has 3 atom stereocenters. The molecule has 3 aromatic rings. The van der Waals surface area contributed by atoms with Crippen molar-refractivity contribution in [3.63, 3.8) is 0 Å². The summed E-state index contributed by atoms with van der Waals surface area (Å²) >= 11 is 4.74. The third-order valence-electron chi connectivity index (χ3n) is 7.88. The monoisotopic (exact) mass is 619 g/mol. The predicted molar refractivity (Wildman–Crippen MR) is 166 cm³/mol. The van der Waals surface area contributed by atoms with Crippen LogP contribution in [0.1, 0.15) is 36.5 Å². The van der Waals surface area contributed by atoms with Gasteiger partial charge in [0.05, 0.1) is 48.6 Å². The van der Waals surface area contributed by atoms with Gasteiger partial charge >= 0.3 is 6.18 Å². The molecule has 8 nitrogen and oxygen atoms in total. The number of likely N-dealkylation sites (N-methyl/N-ethyl adjacent to an activating group) is 1. The van der Waals surface area contributed by atoms with Gasteiger partial charge in [0.15, 0.2) is 5.78 Å². The van der Waals surface area contributed by atoms with Crippen molar-refractivity contribution in [2.75, 3.05) is 39.8 Å². The molecule has 1 aromatic heterocycles. The number of Topliss-reactive ketones (excluding diaryl/α,β-unsaturated/α-hetero) is 1. The van der Waals surface area contributed by atoms with Crippen molar-refractivity contribution in [1.29, 1.82) is 0 Å². The van der Waals surface area contributed by atoms with Gasteiger partial charge in [0.1, 0.15) is 6.04 Å². The van der Waals surface area contributed by atoms with Crippen molar-refractivity contribution in [2.24, 2.45) is 17.2 Å². The van der Waals surface area contributed by atoms with E-state index in [4.69, 9.17) is 29.8 Å². The number of halogens is 3. The van der Waals surface area contributed by atoms with Crippen LogP contribution in [0, 0.1) is 0 Å². The number of para-hydroxylation sites is 1. The first-order valence-electron chi connectivity index (χ1n) is 14.3. The van der Waals surface area contributed by atoms with E-state index in [1.807, 2.05) is 30.3 Å². The first-order valence-corrected chi connectivity index (χ1v) is 14.7. The van der Waals surface area contributed by atoms with Crippen LogP contribution >= 0.6 is 12.6 Å². The molecular weight excluding hydrogens is 577 g/mol. The third-order valence-corrected chi connectivity index (χ3v) is 8.40. The molecule has 0 bridgehead atoms. The summed E-state index contributed by atoms with van der Waals surface area (Å²) in [5.41, 5.74) is 18.7. The molecule has 0 unspecified atom stereocenters. The summed E-state index contributed by atoms with van der Waals surface area (Å²) in [6.45, 7) is 4.80. The number of nitrogens with one attached hydrogen (secondary N) is 1. The SMILES string of the molecule is C[C@@](S)(c1ccc(C(F)(F)F)cc1)[C@H](NC(=O)[C@@H](N)CCC[N+](C)(CCN)CCN)C(=O)Cc1cnc2ccccc2c1. The van der Waals surface area contributed by atoms with Gasteiger partial charge in [-0.3, -0.25) is 14.6 Å². The molecule has 0 saturated heterocycles. The molecule has 12 heteroatoms. The number of benzene rings is 2. The number of amides is 1. The molecule has 1 amide bonds. The van der Waals surface area contributed by atoms with Crippen LogP contribution in [0.4, 0.5) is 13.2 Å². The number of ketones is 1. The number of rotatable bonds is 15. The molecule has 0 aliphatic heterocycles. The number of nitrogens with two attached hydrogens (primary N) is 3. The lowest BCUT2D eigenvalue weighted by molar-refractivity contribution is -0.907. The highest BCUT2D eigenvalue weighted by Gasteiger charge is 2.40. The van der Waals surface area contributed by atoms with E-state index in [0.717, 1.165) is 42.7 Å². The van der Waals surface area contributed by atoms with E-state index in [0.29, 0.717) is 41.5 Å². The third kappa shape index (κ3) is 9.23. The summed E-state index contributed by atoms with van der Waals surface area (Å²) in [7, 11) is 2.05. The maximum Gasteiger partial charge on any atom is 0.416 e. The number of hydrogen-bond acceptors (Lipinski definition) is 7. The van der Waals surface area contributed by atoms with E-state index >= 15 is 0 Å². The van der Waals surface area contributed by atoms with Gasteiger partial charge in [0, 0.05) is 31.1 Å². The zero-order chi connectivity index (χ0) is 31.8. The van der Waals surface area contributed by atoms with Crippen LogP contribution in [0.15, 0.2) is 60.8 Å². The van der Waals surface area contributed by atoms with Crippen LogP contribution in [-0.2, 0) is 26.9 Å². The average Bonchev–Trinajstić information content (AvgIpc) is 2.95. The van der Waals surface area contributed by atoms with Gasteiger partial charge in [0.25, 0.3) is 0 Å². The largest absolute Gasteiger partial charge is 0.416 e. The van der Waals surface area contributed by atoms with E-state index in [9.17, 15) is 22.8 Å². The lowest BCUT2D eigenvalue weighted by Gasteiger charge is -2.35. The molecule has 7 N–H and O–H groups in total. The summed E-state index contributed by atoms with van der Waals surface area (Å²) in [6, 6.07) is 11.6. The lowest BCUT2D eigenvalue weighted by atomic mass is 9.86. The van der Waals surface area contributed by atoms with Gasteiger partial charge in [-0.15, -0.1) is 0 Å². The van der Waals surface area contributed by atoms with Crippen molar-refractivity contribution in [2.45, 2.75) is 49.2 Å². The van der Waals surface area contributed by atoms with Gasteiger partial charge < -0.3 is 27.0 Å². The Kier molecular flexibility index (Phi) is 11.7. The normalized spacial score (nSPS) is 15.1. The molecule has 0 aliphatic rings. The fourth-order valence-electron chi connectivity index (χ4n) is 5.25. The van der Waals surface area contributed by atoms with Gasteiger partial charge in [-0.25, -0.2) is 0 Å². The van der Waals surface area contributed by atoms with E-state index in [-0.39, 0.29) is 12.2 Å². The highest BCUT2D eigenvalue weighted by atomic mass is 32.1. The minimum atomic E-state index is -4.52. The summed E-state index contributed by atoms with van der Waals surface area (Å²) in [6.07, 6.45) is -2.02. The van der Waals surface area contributed by atoms with Crippen molar-refractivity contribution in [3.8, 4) is 0 Å². The molecule has 43 heavy (non-hydrogen) atoms. The smallest absolute Gasteiger partial charge is 0.343 e. The Morgan fingerprint density at radius 3 is 2.21 bits per heavy atom. The first-order chi connectivity index (χ1) is 20.2. The van der Waals surface area contributed by atoms with Crippen LogP contribution in [0.3, 0.4) is 0 Å². The number of alkyl halides is 3. The Bertz CT molecular complexity index is 1380. The molecular formula is C31H42F3N6O2S+. The van der Waals surface area contributed by atoms with Crippen molar-refractivity contribution in [1.82, 2.24) is 10.3 Å². The van der Waals surface area contributed by atoms with Gasteiger partial charge in [-0.1, -0.05) is 30.3 Å². The fourth-order valence-corrected chi connectivity index (χ4v) is 5.60. The van der Waals surface area contributed by atoms with Crippen molar-refractivity contribution >= 4 is 35.2 Å². The summed E-state index contributed by atoms with van der Waals surface area (Å²) in [4.78, 5) is 31.5. The quantitative estimate of drug-likeness (QED) is 0.131. The summed E-state index contributed by atoms with van der Waals surface area (Å²) in [5, 5.41) is 3.63. The summed E-state index contributed by atoms with van der Waals surface area (Å²) < 4.78 is 38.9. The van der Waals surface area contributed by atoms with Gasteiger partial charge in [0.2, 0.25) is 5.91 Å². The Morgan fingerprint density at radius 1 is 1.00 bits per heavy atom. The number of carbonyl (C=O) groups is 2. The molecule has 0 saturated carbocycles. The highest BCUT2D eigenvalue weighted by Crippen LogP contribution is 2.36. The number of hydrogen-bond donors (Lipinski definition) is 5. The second kappa shape index (κ2) is 14.6. The minimum Gasteiger partial charge on any atom is -0.343 e. The lowest BCUT2D eigenvalue weighted by Crippen LogP contribution is -2.56. The van der Waals surface area contributed by atoms with Crippen molar-refractivity contribution < 1.29 is 27.2 Å². The fraction of sp³-hybridized carbons (Fsp3) is 0.452. The number of carbonyl (C=O) groups excluding carboxylic acids is 2. The van der Waals surface area contributed by atoms with Crippen LogP contribution in [0.25, 0.3) is 10.9 Å². The van der Waals surface area contributed by atoms with E-state index < -0.39 is 34.5 Å². The van der Waals surface area contributed by atoms with Crippen LogP contribution in [0.2, 0.25) is 0 Å². The zero-order valence-electron chi connectivity index (χ0n) is 24.6. The maximum absolute atomic E-state index is 13.8. The number of thiol groups is 1. The average molecular weight is 620 g/mol. The second-order valence-electron chi connectivity index (χ2n) is 11.5. The Morgan fingerprint density at radius 2 is 1.60 bits per heavy atom. The Hall–Kier alpha value is -3.03. The predicted octanol–water partition coefficient (Wildman–Crippen LogP) is 3.17. The summed E-state index contributed by atoms with van der Waals surface area (Å²) in [5.74, 6) is -0.931. The van der Waals surface area contributed by atoms with Crippen molar-refractivity contribution in [3.05, 3.63) is 77.5 Å². The van der Waals surface area contributed by atoms with E-state index in [1.165, 1.54) is 12.1 Å². The molecule has 0 spiro atoms. The second-order valence-corrected chi connectivity index (χ2v) is 12.4. The Balaban J connectivity index is 1.83. The van der Waals surface area contributed by atoms with Gasteiger partial charge in [-0.2, -0.15) is 25.8 Å². The Labute approximate surface area is 256 Å². The number of quaternary nitrogens is 1. The zero-order valence-corrected chi connectivity index (χ0v) is 25.5. The van der Waals surface area contributed by atoms with Gasteiger partial charge in [-0.05, 0) is 55.2 Å². The molecule has 3 rings (SSSR count). The highest BCUT2D eigenvalue weighted by molar-refractivity contribution is 7.81. The molecule has 1 heterocycles. The molecule has 2 aromatic carbocycles. The van der Waals surface area contributed by atoms with Crippen LogP contribution in [-0.4, -0.2) is 73.0 Å². The maximum atomic E-state index is 13.8. The van der Waals surface area contributed by atoms with E-state index in [1.54, 1.807) is 13.1 Å². The first kappa shape index (κ1) is 34.5. The number of nitrogens with zero attached hydrogens (tertiary/aromatic N) is 2. The van der Waals surface area contributed by atoms with Crippen LogP contribution in [0.5, 0.6) is 0 Å².